The van der Waals surface area contributed by atoms with Gasteiger partial charge in [-0.05, 0) is 17.7 Å². The van der Waals surface area contributed by atoms with E-state index < -0.39 is 0 Å². The second kappa shape index (κ2) is 5.72. The zero-order valence-corrected chi connectivity index (χ0v) is 10.2. The molecule has 3 N–H and O–H groups in total. The highest BCUT2D eigenvalue weighted by atomic mass is 35.5. The van der Waals surface area contributed by atoms with Crippen LogP contribution in [0.3, 0.4) is 0 Å². The van der Waals surface area contributed by atoms with Crippen LogP contribution < -0.4 is 16.0 Å². The standard InChI is InChI=1S/C11H16ClN3O/c1-14-11(16)7-15(2)9-4-3-8(6-13)10(12)5-9/h3-5H,6-7,13H2,1-2H3,(H,14,16). The van der Waals surface area contributed by atoms with Gasteiger partial charge < -0.3 is 16.0 Å². The Hall–Kier alpha value is -1.26. The Bertz CT molecular complexity index is 381. The molecule has 0 fully saturated rings. The predicted octanol–water partition coefficient (Wildman–Crippen LogP) is 0.981. The lowest BCUT2D eigenvalue weighted by molar-refractivity contribution is -0.119. The summed E-state index contributed by atoms with van der Waals surface area (Å²) in [6.07, 6.45) is 0. The molecule has 1 aromatic carbocycles. The summed E-state index contributed by atoms with van der Waals surface area (Å²) in [6.45, 7) is 0.715. The molecule has 1 aromatic rings. The summed E-state index contributed by atoms with van der Waals surface area (Å²) in [7, 11) is 3.45. The Morgan fingerprint density at radius 3 is 2.75 bits per heavy atom. The highest BCUT2D eigenvalue weighted by Gasteiger charge is 2.07. The Labute approximate surface area is 100 Å². The van der Waals surface area contributed by atoms with Gasteiger partial charge in [0.15, 0.2) is 0 Å². The largest absolute Gasteiger partial charge is 0.365 e. The number of nitrogens with one attached hydrogen (secondary N) is 1. The van der Waals surface area contributed by atoms with E-state index in [9.17, 15) is 4.79 Å². The van der Waals surface area contributed by atoms with Gasteiger partial charge in [-0.25, -0.2) is 0 Å². The second-order valence-electron chi connectivity index (χ2n) is 3.51. The summed E-state index contributed by atoms with van der Waals surface area (Å²) in [5.41, 5.74) is 7.31. The lowest BCUT2D eigenvalue weighted by Crippen LogP contribution is -2.32. The van der Waals surface area contributed by atoms with Crippen molar-refractivity contribution in [2.45, 2.75) is 6.54 Å². The van der Waals surface area contributed by atoms with Gasteiger partial charge in [-0.1, -0.05) is 17.7 Å². The Balaban J connectivity index is 2.80. The summed E-state index contributed by atoms with van der Waals surface area (Å²) in [6, 6.07) is 5.59. The maximum atomic E-state index is 11.2. The molecule has 1 amide bonds. The second-order valence-corrected chi connectivity index (χ2v) is 3.92. The van der Waals surface area contributed by atoms with Crippen molar-refractivity contribution >= 4 is 23.2 Å². The van der Waals surface area contributed by atoms with E-state index in [1.807, 2.05) is 30.1 Å². The van der Waals surface area contributed by atoms with Crippen molar-refractivity contribution in [3.8, 4) is 0 Å². The molecule has 0 radical (unpaired) electrons. The third kappa shape index (κ3) is 3.12. The van der Waals surface area contributed by atoms with Gasteiger partial charge in [-0.2, -0.15) is 0 Å². The van der Waals surface area contributed by atoms with E-state index in [1.54, 1.807) is 7.05 Å². The number of anilines is 1. The van der Waals surface area contributed by atoms with Crippen molar-refractivity contribution in [1.82, 2.24) is 5.32 Å². The summed E-state index contributed by atoms with van der Waals surface area (Å²) in [5.74, 6) is -0.0403. The Morgan fingerprint density at radius 2 is 2.25 bits per heavy atom. The topological polar surface area (TPSA) is 58.4 Å². The highest BCUT2D eigenvalue weighted by Crippen LogP contribution is 2.22. The van der Waals surface area contributed by atoms with Crippen molar-refractivity contribution in [2.24, 2.45) is 5.73 Å². The van der Waals surface area contributed by atoms with Crippen LogP contribution in [-0.4, -0.2) is 26.5 Å². The van der Waals surface area contributed by atoms with Crippen molar-refractivity contribution < 1.29 is 4.79 Å². The number of hydrogen-bond acceptors (Lipinski definition) is 3. The number of hydrogen-bond donors (Lipinski definition) is 2. The minimum absolute atomic E-state index is 0.0403. The monoisotopic (exact) mass is 241 g/mol. The van der Waals surface area contributed by atoms with E-state index in [0.29, 0.717) is 18.1 Å². The molecular weight excluding hydrogens is 226 g/mol. The molecule has 0 heterocycles. The van der Waals surface area contributed by atoms with Crippen molar-refractivity contribution in [2.75, 3.05) is 25.5 Å². The Kier molecular flexibility index (Phi) is 4.58. The summed E-state index contributed by atoms with van der Waals surface area (Å²) < 4.78 is 0. The van der Waals surface area contributed by atoms with Crippen LogP contribution in [0.25, 0.3) is 0 Å². The molecule has 5 heteroatoms. The number of carbonyl (C=O) groups is 1. The minimum Gasteiger partial charge on any atom is -0.365 e. The van der Waals surface area contributed by atoms with Crippen LogP contribution in [0.1, 0.15) is 5.56 Å². The average Bonchev–Trinajstić information content (AvgIpc) is 2.28. The van der Waals surface area contributed by atoms with E-state index in [0.717, 1.165) is 11.3 Å². The third-order valence-corrected chi connectivity index (χ3v) is 2.71. The number of amides is 1. The molecule has 0 aliphatic heterocycles. The minimum atomic E-state index is -0.0403. The number of carbonyl (C=O) groups excluding carboxylic acids is 1. The molecule has 0 unspecified atom stereocenters. The van der Waals surface area contributed by atoms with Crippen LogP contribution in [0.15, 0.2) is 18.2 Å². The third-order valence-electron chi connectivity index (χ3n) is 2.36. The van der Waals surface area contributed by atoms with Crippen LogP contribution in [-0.2, 0) is 11.3 Å². The number of halogens is 1. The number of nitrogens with zero attached hydrogens (tertiary/aromatic N) is 1. The number of benzene rings is 1. The quantitative estimate of drug-likeness (QED) is 0.826. The Morgan fingerprint density at radius 1 is 1.56 bits per heavy atom. The molecule has 0 saturated carbocycles. The van der Waals surface area contributed by atoms with Crippen LogP contribution in [0.4, 0.5) is 5.69 Å². The van der Waals surface area contributed by atoms with Gasteiger partial charge in [-0.15, -0.1) is 0 Å². The number of likely N-dealkylation sites (N-methyl/N-ethyl adjacent to an activating group) is 2. The van der Waals surface area contributed by atoms with Crippen molar-refractivity contribution in [1.29, 1.82) is 0 Å². The first-order valence-electron chi connectivity index (χ1n) is 4.98. The molecule has 0 aliphatic rings. The SMILES string of the molecule is CNC(=O)CN(C)c1ccc(CN)c(Cl)c1. The van der Waals surface area contributed by atoms with Gasteiger partial charge in [-0.3, -0.25) is 4.79 Å². The van der Waals surface area contributed by atoms with Crippen molar-refractivity contribution in [3.05, 3.63) is 28.8 Å². The molecular formula is C11H16ClN3O. The fourth-order valence-corrected chi connectivity index (χ4v) is 1.58. The van der Waals surface area contributed by atoms with E-state index in [-0.39, 0.29) is 5.91 Å². The predicted molar refractivity (Wildman–Crippen MR) is 66.7 cm³/mol. The summed E-state index contributed by atoms with van der Waals surface area (Å²) >= 11 is 6.04. The van der Waals surface area contributed by atoms with Crippen LogP contribution in [0, 0.1) is 0 Å². The van der Waals surface area contributed by atoms with E-state index in [4.69, 9.17) is 17.3 Å². The van der Waals surface area contributed by atoms with Gasteiger partial charge in [0.2, 0.25) is 5.91 Å². The van der Waals surface area contributed by atoms with E-state index in [1.165, 1.54) is 0 Å². The maximum absolute atomic E-state index is 11.2. The molecule has 16 heavy (non-hydrogen) atoms. The van der Waals surface area contributed by atoms with Crippen LogP contribution >= 0.6 is 11.6 Å². The van der Waals surface area contributed by atoms with Gasteiger partial charge in [0.05, 0.1) is 6.54 Å². The number of rotatable bonds is 4. The van der Waals surface area contributed by atoms with Crippen LogP contribution in [0.2, 0.25) is 5.02 Å². The first-order valence-corrected chi connectivity index (χ1v) is 5.36. The van der Waals surface area contributed by atoms with Gasteiger partial charge in [0.1, 0.15) is 0 Å². The molecule has 0 spiro atoms. The van der Waals surface area contributed by atoms with Gasteiger partial charge >= 0.3 is 0 Å². The molecule has 0 bridgehead atoms. The number of nitrogens with two attached hydrogens (primary N) is 1. The highest BCUT2D eigenvalue weighted by molar-refractivity contribution is 6.31. The molecule has 4 nitrogen and oxygen atoms in total. The zero-order valence-electron chi connectivity index (χ0n) is 9.46. The normalized spacial score (nSPS) is 10.0. The molecule has 0 atom stereocenters. The maximum Gasteiger partial charge on any atom is 0.239 e. The lowest BCUT2D eigenvalue weighted by Gasteiger charge is -2.19. The summed E-state index contributed by atoms with van der Waals surface area (Å²) in [5, 5.41) is 3.20. The van der Waals surface area contributed by atoms with E-state index >= 15 is 0 Å². The molecule has 88 valence electrons. The van der Waals surface area contributed by atoms with Crippen LogP contribution in [0.5, 0.6) is 0 Å². The first-order chi connectivity index (χ1) is 7.58. The van der Waals surface area contributed by atoms with E-state index in [2.05, 4.69) is 5.32 Å². The van der Waals surface area contributed by atoms with Gasteiger partial charge in [0.25, 0.3) is 0 Å². The summed E-state index contributed by atoms with van der Waals surface area (Å²) in [4.78, 5) is 13.0. The van der Waals surface area contributed by atoms with Gasteiger partial charge in [0, 0.05) is 31.4 Å². The molecule has 0 aliphatic carbocycles. The molecule has 0 saturated heterocycles. The molecule has 0 aromatic heterocycles. The smallest absolute Gasteiger partial charge is 0.239 e. The fraction of sp³-hybridized carbons (Fsp3) is 0.364. The molecule has 1 rings (SSSR count). The van der Waals surface area contributed by atoms with Crippen molar-refractivity contribution in [3.63, 3.8) is 0 Å². The lowest BCUT2D eigenvalue weighted by atomic mass is 10.2. The average molecular weight is 242 g/mol. The fourth-order valence-electron chi connectivity index (χ4n) is 1.32. The first kappa shape index (κ1) is 12.8. The zero-order chi connectivity index (χ0) is 12.1.